The summed E-state index contributed by atoms with van der Waals surface area (Å²) in [6, 6.07) is 27.6. The van der Waals surface area contributed by atoms with Crippen molar-refractivity contribution in [3.63, 3.8) is 0 Å². The van der Waals surface area contributed by atoms with Gasteiger partial charge in [0.05, 0.1) is 0 Å². The number of halogens is 1. The van der Waals surface area contributed by atoms with Gasteiger partial charge >= 0.3 is 0 Å². The minimum atomic E-state index is 1.21. The molecule has 4 aromatic carbocycles. The van der Waals surface area contributed by atoms with Gasteiger partial charge in [-0.25, -0.2) is 0 Å². The molecule has 0 spiro atoms. The van der Waals surface area contributed by atoms with E-state index in [4.69, 9.17) is 0 Å². The minimum absolute atomic E-state index is 1.21. The molecule has 4 aromatic rings. The molecule has 114 valence electrons. The van der Waals surface area contributed by atoms with E-state index in [-0.39, 0.29) is 0 Å². The molecule has 0 unspecified atom stereocenters. The monoisotopic (exact) mass is 362 g/mol. The number of aryl methyl sites for hydroxylation is 2. The van der Waals surface area contributed by atoms with Crippen molar-refractivity contribution in [1.82, 2.24) is 0 Å². The average molecular weight is 363 g/mol. The fraction of sp³-hybridized carbons (Fsp3) is 0.0909. The molecule has 0 aliphatic carbocycles. The van der Waals surface area contributed by atoms with Crippen molar-refractivity contribution in [2.24, 2.45) is 0 Å². The van der Waals surface area contributed by atoms with Crippen LogP contribution in [0.4, 0.5) is 0 Å². The maximum Gasteiger partial charge on any atom is 0.0282 e. The highest BCUT2D eigenvalue weighted by Crippen LogP contribution is 2.26. The SMILES string of the molecule is Cc1ccc2ccccc2c1.Cc1ccc2ccccc2c1Br. The smallest absolute Gasteiger partial charge is 0.0282 e. The number of hydrogen-bond donors (Lipinski definition) is 0. The highest BCUT2D eigenvalue weighted by molar-refractivity contribution is 9.10. The van der Waals surface area contributed by atoms with E-state index in [9.17, 15) is 0 Å². The minimum Gasteiger partial charge on any atom is -0.0616 e. The molecule has 1 heteroatoms. The van der Waals surface area contributed by atoms with Crippen LogP contribution in [0.2, 0.25) is 0 Å². The van der Waals surface area contributed by atoms with Crippen molar-refractivity contribution < 1.29 is 0 Å². The third kappa shape index (κ3) is 3.62. The number of benzene rings is 4. The van der Waals surface area contributed by atoms with Crippen LogP contribution >= 0.6 is 15.9 Å². The van der Waals surface area contributed by atoms with E-state index in [1.54, 1.807) is 0 Å². The zero-order valence-corrected chi connectivity index (χ0v) is 15.0. The second-order valence-corrected chi connectivity index (χ2v) is 6.56. The van der Waals surface area contributed by atoms with E-state index in [1.807, 2.05) is 0 Å². The number of hydrogen-bond acceptors (Lipinski definition) is 0. The summed E-state index contributed by atoms with van der Waals surface area (Å²) in [7, 11) is 0. The molecule has 0 saturated heterocycles. The van der Waals surface area contributed by atoms with Gasteiger partial charge in [-0.2, -0.15) is 0 Å². The van der Waals surface area contributed by atoms with Gasteiger partial charge < -0.3 is 0 Å². The predicted molar refractivity (Wildman–Crippen MR) is 105 cm³/mol. The van der Waals surface area contributed by atoms with Crippen LogP contribution in [0.3, 0.4) is 0 Å². The molecule has 0 bridgehead atoms. The quantitative estimate of drug-likeness (QED) is 0.314. The fourth-order valence-electron chi connectivity index (χ4n) is 2.65. The molecule has 0 amide bonds. The lowest BCUT2D eigenvalue weighted by atomic mass is 10.1. The van der Waals surface area contributed by atoms with Crippen molar-refractivity contribution in [2.75, 3.05) is 0 Å². The Hall–Kier alpha value is -2.12. The molecule has 0 fully saturated rings. The van der Waals surface area contributed by atoms with E-state index in [2.05, 4.69) is 109 Å². The van der Waals surface area contributed by atoms with E-state index in [0.29, 0.717) is 0 Å². The Morgan fingerprint density at radius 3 is 2.00 bits per heavy atom. The predicted octanol–water partition coefficient (Wildman–Crippen LogP) is 7.06. The van der Waals surface area contributed by atoms with Gasteiger partial charge in [-0.05, 0) is 56.9 Å². The molecule has 0 N–H and O–H groups in total. The van der Waals surface area contributed by atoms with Gasteiger partial charge in [-0.3, -0.25) is 0 Å². The molecule has 0 aliphatic heterocycles. The highest BCUT2D eigenvalue weighted by Gasteiger charge is 1.99. The largest absolute Gasteiger partial charge is 0.0616 e. The first-order chi connectivity index (χ1) is 11.1. The lowest BCUT2D eigenvalue weighted by Crippen LogP contribution is -1.78. The van der Waals surface area contributed by atoms with Crippen LogP contribution in [0.25, 0.3) is 21.5 Å². The van der Waals surface area contributed by atoms with E-state index in [0.717, 1.165) is 0 Å². The second kappa shape index (κ2) is 6.97. The van der Waals surface area contributed by atoms with Gasteiger partial charge in [-0.15, -0.1) is 0 Å². The van der Waals surface area contributed by atoms with Crippen LogP contribution in [0.1, 0.15) is 11.1 Å². The Labute approximate surface area is 145 Å². The molecule has 4 rings (SSSR count). The molecule has 0 aliphatic rings. The first-order valence-electron chi connectivity index (χ1n) is 7.74. The van der Waals surface area contributed by atoms with Crippen molar-refractivity contribution in [3.8, 4) is 0 Å². The van der Waals surface area contributed by atoms with Crippen LogP contribution in [-0.2, 0) is 0 Å². The Kier molecular flexibility index (Phi) is 4.78. The molecule has 0 radical (unpaired) electrons. The van der Waals surface area contributed by atoms with Gasteiger partial charge in [0.15, 0.2) is 0 Å². The first kappa shape index (κ1) is 15.8. The molecular weight excluding hydrogens is 344 g/mol. The van der Waals surface area contributed by atoms with Crippen molar-refractivity contribution in [3.05, 3.63) is 94.5 Å². The lowest BCUT2D eigenvalue weighted by Gasteiger charge is -2.02. The lowest BCUT2D eigenvalue weighted by molar-refractivity contribution is 1.47. The summed E-state index contributed by atoms with van der Waals surface area (Å²) < 4.78 is 1.21. The van der Waals surface area contributed by atoms with Gasteiger partial charge in [0.2, 0.25) is 0 Å². The maximum atomic E-state index is 3.58. The van der Waals surface area contributed by atoms with Gasteiger partial charge in [-0.1, -0.05) is 84.4 Å². The third-order valence-electron chi connectivity index (χ3n) is 3.96. The summed E-state index contributed by atoms with van der Waals surface area (Å²) in [6.07, 6.45) is 0. The van der Waals surface area contributed by atoms with Crippen LogP contribution in [0.5, 0.6) is 0 Å². The number of rotatable bonds is 0. The van der Waals surface area contributed by atoms with Gasteiger partial charge in [0, 0.05) is 4.47 Å². The van der Waals surface area contributed by atoms with Gasteiger partial charge in [0.25, 0.3) is 0 Å². The summed E-state index contributed by atoms with van der Waals surface area (Å²) in [6.45, 7) is 4.23. The Balaban J connectivity index is 0.000000136. The summed E-state index contributed by atoms with van der Waals surface area (Å²) in [5.74, 6) is 0. The summed E-state index contributed by atoms with van der Waals surface area (Å²) in [4.78, 5) is 0. The zero-order valence-electron chi connectivity index (χ0n) is 13.4. The second-order valence-electron chi connectivity index (χ2n) is 5.77. The van der Waals surface area contributed by atoms with Crippen LogP contribution in [-0.4, -0.2) is 0 Å². The van der Waals surface area contributed by atoms with Crippen molar-refractivity contribution >= 4 is 37.5 Å². The first-order valence-corrected chi connectivity index (χ1v) is 8.54. The normalized spacial score (nSPS) is 10.4. The summed E-state index contributed by atoms with van der Waals surface area (Å²) >= 11 is 3.58. The average Bonchev–Trinajstić information content (AvgIpc) is 2.59. The number of fused-ring (bicyclic) bond motifs is 2. The fourth-order valence-corrected chi connectivity index (χ4v) is 3.14. The van der Waals surface area contributed by atoms with E-state index >= 15 is 0 Å². The third-order valence-corrected chi connectivity index (χ3v) is 5.01. The molecule has 0 nitrogen and oxygen atoms in total. The molecule has 0 heterocycles. The standard InChI is InChI=1S/C11H9Br.C11H10/c1-8-6-7-9-4-2-3-5-10(9)11(8)12;1-9-6-7-10-4-2-3-5-11(10)8-9/h2-7H,1H3;2-8H,1H3. The van der Waals surface area contributed by atoms with Crippen LogP contribution in [0.15, 0.2) is 83.3 Å². The molecular formula is C22H19Br. The maximum absolute atomic E-state index is 3.58. The molecule has 23 heavy (non-hydrogen) atoms. The summed E-state index contributed by atoms with van der Waals surface area (Å²) in [5.41, 5.74) is 2.61. The van der Waals surface area contributed by atoms with Crippen LogP contribution < -0.4 is 0 Å². The topological polar surface area (TPSA) is 0 Å². The summed E-state index contributed by atoms with van der Waals surface area (Å²) in [5, 5.41) is 5.22. The Morgan fingerprint density at radius 1 is 0.609 bits per heavy atom. The molecule has 0 aromatic heterocycles. The zero-order chi connectivity index (χ0) is 16.2. The Morgan fingerprint density at radius 2 is 1.22 bits per heavy atom. The van der Waals surface area contributed by atoms with E-state index < -0.39 is 0 Å². The van der Waals surface area contributed by atoms with Crippen molar-refractivity contribution in [1.29, 1.82) is 0 Å². The highest BCUT2D eigenvalue weighted by atomic mass is 79.9. The molecule has 0 saturated carbocycles. The van der Waals surface area contributed by atoms with Crippen molar-refractivity contribution in [2.45, 2.75) is 13.8 Å². The van der Waals surface area contributed by atoms with Crippen LogP contribution in [0, 0.1) is 13.8 Å². The van der Waals surface area contributed by atoms with Gasteiger partial charge in [0.1, 0.15) is 0 Å². The Bertz CT molecular complexity index is 954. The molecule has 0 atom stereocenters. The van der Waals surface area contributed by atoms with E-state index in [1.165, 1.54) is 37.1 Å².